The minimum atomic E-state index is -5.06. The summed E-state index contributed by atoms with van der Waals surface area (Å²) in [6, 6.07) is 9.32. The van der Waals surface area contributed by atoms with Crippen molar-refractivity contribution in [1.29, 1.82) is 0 Å². The summed E-state index contributed by atoms with van der Waals surface area (Å²) in [7, 11) is -4.48. The first kappa shape index (κ1) is 35.4. The van der Waals surface area contributed by atoms with E-state index in [1.165, 1.54) is 18.7 Å². The third-order valence-corrected chi connectivity index (χ3v) is 9.80. The minimum absolute atomic E-state index is 0.0616. The van der Waals surface area contributed by atoms with Gasteiger partial charge in [0, 0.05) is 32.6 Å². The summed E-state index contributed by atoms with van der Waals surface area (Å²) in [4.78, 5) is 43.1. The van der Waals surface area contributed by atoms with Gasteiger partial charge < -0.3 is 20.1 Å². The number of carboxylic acids is 1. The van der Waals surface area contributed by atoms with E-state index in [-0.39, 0.29) is 55.9 Å². The van der Waals surface area contributed by atoms with Gasteiger partial charge in [0.1, 0.15) is 29.5 Å². The van der Waals surface area contributed by atoms with E-state index in [9.17, 15) is 31.2 Å². The highest BCUT2D eigenvalue weighted by atomic mass is 32.2. The second kappa shape index (κ2) is 15.1. The van der Waals surface area contributed by atoms with Crippen molar-refractivity contribution in [3.63, 3.8) is 0 Å². The van der Waals surface area contributed by atoms with E-state index in [4.69, 9.17) is 5.11 Å². The number of nitrogens with one attached hydrogen (secondary N) is 1. The number of amides is 1. The number of hydrogen-bond donors (Lipinski definition) is 2. The number of aromatic nitrogens is 4. The van der Waals surface area contributed by atoms with Crippen molar-refractivity contribution >= 4 is 38.9 Å². The van der Waals surface area contributed by atoms with Crippen LogP contribution in [0, 0.1) is 0 Å². The molecule has 13 nitrogen and oxygen atoms in total. The number of hydrogen-bond acceptors (Lipinski definition) is 10. The monoisotopic (exact) mass is 701 g/mol. The van der Waals surface area contributed by atoms with Crippen LogP contribution in [-0.2, 0) is 39.0 Å². The van der Waals surface area contributed by atoms with Gasteiger partial charge in [-0.15, -0.1) is 13.2 Å². The number of ether oxygens (including phenoxy) is 1. The van der Waals surface area contributed by atoms with Gasteiger partial charge in [-0.3, -0.25) is 9.59 Å². The number of piperazine rings is 1. The lowest BCUT2D eigenvalue weighted by atomic mass is 10.1. The molecule has 4 aromatic rings. The van der Waals surface area contributed by atoms with Crippen molar-refractivity contribution in [3.8, 4) is 5.75 Å². The number of aryl methyl sites for hydroxylation is 2. The summed E-state index contributed by atoms with van der Waals surface area (Å²) in [5, 5.41) is 11.8. The molecule has 2 aromatic heterocycles. The second-order valence-electron chi connectivity index (χ2n) is 11.4. The predicted molar refractivity (Wildman–Crippen MR) is 171 cm³/mol. The molecule has 5 rings (SSSR count). The fourth-order valence-corrected chi connectivity index (χ4v) is 7.13. The van der Waals surface area contributed by atoms with Crippen LogP contribution in [-0.4, -0.2) is 81.7 Å². The van der Waals surface area contributed by atoms with E-state index >= 15 is 0 Å². The SMILES string of the molecule is CCCc1ccc(CNC(=O)[C@H]2CN(c3cnc4cncnc4n3)CCN2S(=O)(=O)c2ccc(OC(F)(F)F)c(CCCC(=O)O)c2)cc1. The molecule has 2 aromatic carbocycles. The summed E-state index contributed by atoms with van der Waals surface area (Å²) < 4.78 is 72.8. The van der Waals surface area contributed by atoms with Crippen LogP contribution in [0.25, 0.3) is 11.2 Å². The smallest absolute Gasteiger partial charge is 0.481 e. The Bertz CT molecular complexity index is 1910. The maximum atomic E-state index is 14.1. The maximum Gasteiger partial charge on any atom is 0.573 e. The summed E-state index contributed by atoms with van der Waals surface area (Å²) in [5.41, 5.74) is 2.57. The number of alkyl halides is 3. The van der Waals surface area contributed by atoms with Crippen LogP contribution in [0.3, 0.4) is 0 Å². The normalized spacial score (nSPS) is 15.7. The molecule has 0 unspecified atom stereocenters. The Balaban J connectivity index is 1.44. The number of carbonyl (C=O) groups is 2. The maximum absolute atomic E-state index is 14.1. The third kappa shape index (κ3) is 8.97. The Morgan fingerprint density at radius 2 is 1.80 bits per heavy atom. The summed E-state index contributed by atoms with van der Waals surface area (Å²) in [6.07, 6.45) is 0.514. The van der Waals surface area contributed by atoms with Gasteiger partial charge in [-0.2, -0.15) is 4.31 Å². The molecule has 0 radical (unpaired) electrons. The molecular weight excluding hydrogens is 667 g/mol. The van der Waals surface area contributed by atoms with Crippen LogP contribution >= 0.6 is 0 Å². The Labute approximate surface area is 280 Å². The molecule has 1 amide bonds. The van der Waals surface area contributed by atoms with Gasteiger partial charge in [-0.1, -0.05) is 37.6 Å². The van der Waals surface area contributed by atoms with Crippen LogP contribution in [0.15, 0.2) is 66.1 Å². The molecule has 0 spiro atoms. The number of anilines is 1. The highest BCUT2D eigenvalue weighted by molar-refractivity contribution is 7.89. The molecule has 2 N–H and O–H groups in total. The number of sulfonamides is 1. The zero-order valence-electron chi connectivity index (χ0n) is 26.4. The fraction of sp³-hybridized carbons (Fsp3) is 0.375. The lowest BCUT2D eigenvalue weighted by Gasteiger charge is -2.40. The first-order valence-electron chi connectivity index (χ1n) is 15.5. The Kier molecular flexibility index (Phi) is 10.9. The summed E-state index contributed by atoms with van der Waals surface area (Å²) in [5.74, 6) is -2.03. The third-order valence-electron chi connectivity index (χ3n) is 7.90. The molecule has 1 atom stereocenters. The van der Waals surface area contributed by atoms with Gasteiger partial charge in [-0.05, 0) is 54.2 Å². The zero-order chi connectivity index (χ0) is 35.2. The molecule has 0 aliphatic carbocycles. The molecule has 1 saturated heterocycles. The van der Waals surface area contributed by atoms with Crippen molar-refractivity contribution in [2.45, 2.75) is 62.9 Å². The van der Waals surface area contributed by atoms with Crippen LogP contribution in [0.1, 0.15) is 42.9 Å². The fourth-order valence-electron chi connectivity index (χ4n) is 5.51. The molecule has 260 valence electrons. The van der Waals surface area contributed by atoms with Gasteiger partial charge in [0.25, 0.3) is 0 Å². The lowest BCUT2D eigenvalue weighted by Crippen LogP contribution is -2.60. The van der Waals surface area contributed by atoms with Gasteiger partial charge in [0.05, 0.1) is 17.3 Å². The zero-order valence-corrected chi connectivity index (χ0v) is 27.2. The average molecular weight is 702 g/mol. The number of carbonyl (C=O) groups excluding carboxylic acids is 1. The van der Waals surface area contributed by atoms with Crippen molar-refractivity contribution in [1.82, 2.24) is 29.6 Å². The number of aliphatic carboxylic acids is 1. The Hall–Kier alpha value is -4.90. The van der Waals surface area contributed by atoms with Crippen molar-refractivity contribution in [2.75, 3.05) is 24.5 Å². The number of benzene rings is 2. The topological polar surface area (TPSA) is 168 Å². The van der Waals surface area contributed by atoms with Crippen LogP contribution in [0.4, 0.5) is 19.0 Å². The number of carboxylic acid groups (broad SMARTS) is 1. The van der Waals surface area contributed by atoms with Gasteiger partial charge in [-0.25, -0.2) is 28.4 Å². The molecule has 49 heavy (non-hydrogen) atoms. The van der Waals surface area contributed by atoms with Crippen LogP contribution < -0.4 is 15.0 Å². The molecule has 0 bridgehead atoms. The first-order valence-corrected chi connectivity index (χ1v) is 16.9. The largest absolute Gasteiger partial charge is 0.573 e. The summed E-state index contributed by atoms with van der Waals surface area (Å²) in [6.45, 7) is 2.01. The van der Waals surface area contributed by atoms with E-state index in [1.807, 2.05) is 24.3 Å². The molecule has 1 aliphatic rings. The van der Waals surface area contributed by atoms with Gasteiger partial charge >= 0.3 is 12.3 Å². The molecular formula is C32H34F3N7O6S. The number of fused-ring (bicyclic) bond motifs is 1. The van der Waals surface area contributed by atoms with Crippen molar-refractivity contribution in [3.05, 3.63) is 77.9 Å². The van der Waals surface area contributed by atoms with Crippen molar-refractivity contribution < 1.29 is 41.0 Å². The quantitative estimate of drug-likeness (QED) is 0.208. The highest BCUT2D eigenvalue weighted by Crippen LogP contribution is 2.32. The molecule has 1 fully saturated rings. The van der Waals surface area contributed by atoms with E-state index in [1.54, 1.807) is 4.90 Å². The Morgan fingerprint density at radius 1 is 1.04 bits per heavy atom. The van der Waals surface area contributed by atoms with E-state index in [2.05, 4.69) is 36.9 Å². The Morgan fingerprint density at radius 3 is 2.51 bits per heavy atom. The predicted octanol–water partition coefficient (Wildman–Crippen LogP) is 3.87. The second-order valence-corrected chi connectivity index (χ2v) is 13.3. The number of halogens is 3. The van der Waals surface area contributed by atoms with Crippen LogP contribution in [0.2, 0.25) is 0 Å². The molecule has 1 aliphatic heterocycles. The number of nitrogens with zero attached hydrogens (tertiary/aromatic N) is 6. The van der Waals surface area contributed by atoms with Crippen molar-refractivity contribution in [2.24, 2.45) is 0 Å². The molecule has 0 saturated carbocycles. The van der Waals surface area contributed by atoms with E-state index in [0.29, 0.717) is 17.0 Å². The minimum Gasteiger partial charge on any atom is -0.481 e. The standard InChI is InChI=1S/C32H34F3N7O6S/c1-2-4-21-7-9-22(10-8-21)16-38-31(45)26-19-41(28-18-37-25-17-36-20-39-30(25)40-28)13-14-42(26)49(46,47)24-11-12-27(48-32(33,34)35)23(15-24)5-3-6-29(43)44/h7-12,15,17-18,20,26H,2-6,13-14,16,19H2,1H3,(H,38,45)(H,43,44)/t26-/m1/s1. The van der Waals surface area contributed by atoms with E-state index < -0.39 is 40.1 Å². The summed E-state index contributed by atoms with van der Waals surface area (Å²) >= 11 is 0. The molecule has 17 heteroatoms. The molecule has 3 heterocycles. The van der Waals surface area contributed by atoms with Gasteiger partial charge in [0.2, 0.25) is 15.9 Å². The number of rotatable bonds is 13. The lowest BCUT2D eigenvalue weighted by molar-refractivity contribution is -0.274. The highest BCUT2D eigenvalue weighted by Gasteiger charge is 2.41. The van der Waals surface area contributed by atoms with E-state index in [0.717, 1.165) is 46.5 Å². The van der Waals surface area contributed by atoms with Gasteiger partial charge in [0.15, 0.2) is 5.65 Å². The first-order chi connectivity index (χ1) is 23.3. The van der Waals surface area contributed by atoms with Crippen LogP contribution in [0.5, 0.6) is 5.75 Å². The average Bonchev–Trinajstić information content (AvgIpc) is 3.07.